The summed E-state index contributed by atoms with van der Waals surface area (Å²) in [6.45, 7) is 6.67. The first kappa shape index (κ1) is 9.76. The Labute approximate surface area is 75.5 Å². The highest BCUT2D eigenvalue weighted by atomic mass is 16.1. The fraction of sp³-hybridized carbons (Fsp3) is 0.909. The summed E-state index contributed by atoms with van der Waals surface area (Å²) in [7, 11) is 0. The van der Waals surface area contributed by atoms with Crippen LogP contribution in [0.5, 0.6) is 0 Å². The molecule has 1 aliphatic rings. The first-order chi connectivity index (χ1) is 5.65. The molecule has 1 heteroatoms. The number of aldehydes is 1. The fourth-order valence-electron chi connectivity index (χ4n) is 2.57. The molecule has 0 N–H and O–H groups in total. The zero-order valence-corrected chi connectivity index (χ0v) is 8.42. The maximum absolute atomic E-state index is 10.6. The van der Waals surface area contributed by atoms with Gasteiger partial charge in [0.15, 0.2) is 0 Å². The number of carbonyl (C=O) groups excluding carboxylic acids is 1. The van der Waals surface area contributed by atoms with E-state index in [4.69, 9.17) is 0 Å². The predicted molar refractivity (Wildman–Crippen MR) is 50.9 cm³/mol. The molecule has 70 valence electrons. The van der Waals surface area contributed by atoms with Crippen LogP contribution in [0, 0.1) is 23.7 Å². The molecule has 0 saturated heterocycles. The highest BCUT2D eigenvalue weighted by Crippen LogP contribution is 2.36. The van der Waals surface area contributed by atoms with E-state index in [-0.39, 0.29) is 5.92 Å². The van der Waals surface area contributed by atoms with Gasteiger partial charge in [-0.2, -0.15) is 0 Å². The molecule has 0 unspecified atom stereocenters. The molecule has 0 radical (unpaired) electrons. The minimum Gasteiger partial charge on any atom is -0.303 e. The van der Waals surface area contributed by atoms with Crippen LogP contribution in [0.2, 0.25) is 0 Å². The lowest BCUT2D eigenvalue weighted by molar-refractivity contribution is -0.113. The van der Waals surface area contributed by atoms with E-state index in [0.29, 0.717) is 5.92 Å². The van der Waals surface area contributed by atoms with E-state index in [1.165, 1.54) is 19.3 Å². The monoisotopic (exact) mass is 168 g/mol. The Kier molecular flexibility index (Phi) is 3.30. The zero-order valence-electron chi connectivity index (χ0n) is 8.42. The summed E-state index contributed by atoms with van der Waals surface area (Å²) in [5.41, 5.74) is 0. The average molecular weight is 168 g/mol. The summed E-state index contributed by atoms with van der Waals surface area (Å²) in [6.07, 6.45) is 5.00. The van der Waals surface area contributed by atoms with Crippen LogP contribution in [-0.2, 0) is 4.79 Å². The van der Waals surface area contributed by atoms with Gasteiger partial charge >= 0.3 is 0 Å². The number of carbonyl (C=O) groups is 1. The number of rotatable bonds is 2. The summed E-state index contributed by atoms with van der Waals surface area (Å²) >= 11 is 0. The normalized spacial score (nSPS) is 39.1. The molecule has 0 aliphatic heterocycles. The van der Waals surface area contributed by atoms with Gasteiger partial charge in [0, 0.05) is 5.92 Å². The van der Waals surface area contributed by atoms with Gasteiger partial charge < -0.3 is 4.79 Å². The first-order valence-electron chi connectivity index (χ1n) is 5.10. The van der Waals surface area contributed by atoms with Gasteiger partial charge in [-0.3, -0.25) is 0 Å². The molecule has 0 amide bonds. The fourth-order valence-corrected chi connectivity index (χ4v) is 2.57. The second kappa shape index (κ2) is 4.06. The van der Waals surface area contributed by atoms with Crippen molar-refractivity contribution in [3.8, 4) is 0 Å². The molecular weight excluding hydrogens is 148 g/mol. The molecule has 0 aromatic carbocycles. The number of hydrogen-bond donors (Lipinski definition) is 0. The molecule has 0 aromatic rings. The summed E-state index contributed by atoms with van der Waals surface area (Å²) in [6, 6.07) is 0. The van der Waals surface area contributed by atoms with Crippen molar-refractivity contribution in [2.24, 2.45) is 23.7 Å². The van der Waals surface area contributed by atoms with Gasteiger partial charge in [0.05, 0.1) is 0 Å². The Morgan fingerprint density at radius 2 is 2.00 bits per heavy atom. The lowest BCUT2D eigenvalue weighted by Crippen LogP contribution is -2.27. The Bertz CT molecular complexity index is 153. The van der Waals surface area contributed by atoms with Crippen molar-refractivity contribution >= 4 is 6.29 Å². The summed E-state index contributed by atoms with van der Waals surface area (Å²) in [5, 5.41) is 0. The highest BCUT2D eigenvalue weighted by Gasteiger charge is 2.28. The van der Waals surface area contributed by atoms with Crippen molar-refractivity contribution in [2.45, 2.75) is 40.0 Å². The van der Waals surface area contributed by atoms with Gasteiger partial charge in [-0.05, 0) is 30.6 Å². The Morgan fingerprint density at radius 3 is 2.50 bits per heavy atom. The third-order valence-corrected chi connectivity index (χ3v) is 3.39. The number of hydrogen-bond acceptors (Lipinski definition) is 1. The van der Waals surface area contributed by atoms with Crippen LogP contribution in [0.3, 0.4) is 0 Å². The van der Waals surface area contributed by atoms with E-state index in [0.717, 1.165) is 18.1 Å². The van der Waals surface area contributed by atoms with Gasteiger partial charge in [-0.25, -0.2) is 0 Å². The van der Waals surface area contributed by atoms with Crippen LogP contribution >= 0.6 is 0 Å². The second-order valence-corrected chi connectivity index (χ2v) is 4.55. The van der Waals surface area contributed by atoms with Crippen molar-refractivity contribution in [3.05, 3.63) is 0 Å². The van der Waals surface area contributed by atoms with Gasteiger partial charge in [0.2, 0.25) is 0 Å². The average Bonchev–Trinajstić information content (AvgIpc) is 2.03. The molecule has 0 heterocycles. The van der Waals surface area contributed by atoms with E-state index in [1.54, 1.807) is 0 Å². The molecule has 1 nitrogen and oxygen atoms in total. The van der Waals surface area contributed by atoms with Crippen molar-refractivity contribution in [1.29, 1.82) is 0 Å². The van der Waals surface area contributed by atoms with E-state index >= 15 is 0 Å². The topological polar surface area (TPSA) is 17.1 Å². The zero-order chi connectivity index (χ0) is 9.14. The van der Waals surface area contributed by atoms with Gasteiger partial charge in [-0.1, -0.05) is 27.2 Å². The van der Waals surface area contributed by atoms with Crippen LogP contribution in [0.4, 0.5) is 0 Å². The molecule has 12 heavy (non-hydrogen) atoms. The third-order valence-electron chi connectivity index (χ3n) is 3.39. The van der Waals surface area contributed by atoms with Crippen LogP contribution < -0.4 is 0 Å². The minimum absolute atomic E-state index is 0.271. The second-order valence-electron chi connectivity index (χ2n) is 4.55. The van der Waals surface area contributed by atoms with Gasteiger partial charge in [-0.15, -0.1) is 0 Å². The van der Waals surface area contributed by atoms with Crippen molar-refractivity contribution < 1.29 is 4.79 Å². The maximum Gasteiger partial charge on any atom is 0.123 e. The SMILES string of the molecule is C[C@@H]1CC[C@@H]([C@@H](C)C=O)[C@H](C)C1. The molecule has 0 aromatic heterocycles. The van der Waals surface area contributed by atoms with Crippen molar-refractivity contribution in [3.63, 3.8) is 0 Å². The predicted octanol–water partition coefficient (Wildman–Crippen LogP) is 2.89. The molecule has 4 atom stereocenters. The quantitative estimate of drug-likeness (QED) is 0.579. The van der Waals surface area contributed by atoms with Gasteiger partial charge in [0.25, 0.3) is 0 Å². The summed E-state index contributed by atoms with van der Waals surface area (Å²) < 4.78 is 0. The lowest BCUT2D eigenvalue weighted by atomic mass is 9.71. The van der Waals surface area contributed by atoms with E-state index < -0.39 is 0 Å². The molecule has 0 spiro atoms. The summed E-state index contributed by atoms with van der Waals surface area (Å²) in [4.78, 5) is 10.6. The minimum atomic E-state index is 0.271. The molecular formula is C11H20O. The standard InChI is InChI=1S/C11H20O/c1-8-4-5-11(9(2)6-8)10(3)7-12/h7-11H,4-6H2,1-3H3/t8-,9-,10+,11-/m1/s1. The smallest absolute Gasteiger partial charge is 0.123 e. The maximum atomic E-state index is 10.6. The molecule has 1 fully saturated rings. The van der Waals surface area contributed by atoms with Crippen molar-refractivity contribution in [1.82, 2.24) is 0 Å². The van der Waals surface area contributed by atoms with Crippen LogP contribution in [-0.4, -0.2) is 6.29 Å². The lowest BCUT2D eigenvalue weighted by Gasteiger charge is -2.34. The van der Waals surface area contributed by atoms with Gasteiger partial charge in [0.1, 0.15) is 6.29 Å². The molecule has 1 aliphatic carbocycles. The van der Waals surface area contributed by atoms with Crippen LogP contribution in [0.15, 0.2) is 0 Å². The van der Waals surface area contributed by atoms with E-state index in [9.17, 15) is 4.79 Å². The first-order valence-corrected chi connectivity index (χ1v) is 5.10. The Balaban J connectivity index is 2.49. The van der Waals surface area contributed by atoms with Crippen LogP contribution in [0.1, 0.15) is 40.0 Å². The summed E-state index contributed by atoms with van der Waals surface area (Å²) in [5.74, 6) is 2.54. The largest absolute Gasteiger partial charge is 0.303 e. The van der Waals surface area contributed by atoms with E-state index in [1.807, 2.05) is 0 Å². The van der Waals surface area contributed by atoms with Crippen molar-refractivity contribution in [2.75, 3.05) is 0 Å². The molecule has 1 rings (SSSR count). The molecule has 0 bridgehead atoms. The Morgan fingerprint density at radius 1 is 1.33 bits per heavy atom. The van der Waals surface area contributed by atoms with E-state index in [2.05, 4.69) is 20.8 Å². The highest BCUT2D eigenvalue weighted by molar-refractivity contribution is 5.53. The third kappa shape index (κ3) is 2.09. The molecule has 1 saturated carbocycles. The Hall–Kier alpha value is -0.330. The van der Waals surface area contributed by atoms with Crippen LogP contribution in [0.25, 0.3) is 0 Å².